The number of nitrogens with zero attached hydrogens (tertiary/aromatic N) is 1. The fourth-order valence-corrected chi connectivity index (χ4v) is 3.40. The van der Waals surface area contributed by atoms with Crippen LogP contribution in [0.15, 0.2) is 48.5 Å². The first-order valence-corrected chi connectivity index (χ1v) is 9.05. The lowest BCUT2D eigenvalue weighted by Crippen LogP contribution is -2.12. The van der Waals surface area contributed by atoms with Gasteiger partial charge < -0.3 is 5.32 Å². The number of nitrogens with one attached hydrogen (secondary N) is 2. The Balaban J connectivity index is 1.75. The summed E-state index contributed by atoms with van der Waals surface area (Å²) in [6.45, 7) is 3.66. The zero-order chi connectivity index (χ0) is 18.7. The average Bonchev–Trinajstić information content (AvgIpc) is 2.97. The number of benzene rings is 2. The maximum Gasteiger partial charge on any atom is 0.267 e. The lowest BCUT2D eigenvalue weighted by molar-refractivity contribution is 0.102. The van der Waals surface area contributed by atoms with Gasteiger partial charge in [-0.25, -0.2) is 4.98 Å². The van der Waals surface area contributed by atoms with E-state index in [1.165, 1.54) is 0 Å². The van der Waals surface area contributed by atoms with Crippen molar-refractivity contribution in [2.24, 2.45) is 0 Å². The number of rotatable bonds is 4. The van der Waals surface area contributed by atoms with Crippen molar-refractivity contribution < 1.29 is 9.59 Å². The van der Waals surface area contributed by atoms with Crippen molar-refractivity contribution in [3.8, 4) is 0 Å². The van der Waals surface area contributed by atoms with E-state index in [0.717, 1.165) is 22.6 Å². The molecule has 7 heteroatoms. The standard InChI is InChI=1S/C19H16ClN3O2S/c1-11-6-3-4-9-15(11)22-18(25)16-12(2)21-19(26-16)23-17(24)13-7-5-8-14(20)10-13/h3-10H,1-2H3,(H,22,25)(H,21,23,24). The number of aryl methyl sites for hydroxylation is 2. The van der Waals surface area contributed by atoms with E-state index in [0.29, 0.717) is 26.3 Å². The molecule has 2 amide bonds. The number of para-hydroxylation sites is 1. The van der Waals surface area contributed by atoms with Crippen LogP contribution in [0.5, 0.6) is 0 Å². The van der Waals surface area contributed by atoms with Gasteiger partial charge in [0.1, 0.15) is 4.88 Å². The quantitative estimate of drug-likeness (QED) is 0.669. The number of amides is 2. The van der Waals surface area contributed by atoms with Gasteiger partial charge in [-0.1, -0.05) is 47.2 Å². The molecule has 0 fully saturated rings. The van der Waals surface area contributed by atoms with Crippen LogP contribution in [0, 0.1) is 13.8 Å². The third-order valence-electron chi connectivity index (χ3n) is 3.70. The molecule has 2 aromatic carbocycles. The van der Waals surface area contributed by atoms with Crippen LogP contribution in [0.25, 0.3) is 0 Å². The van der Waals surface area contributed by atoms with E-state index in [2.05, 4.69) is 15.6 Å². The first kappa shape index (κ1) is 18.1. The van der Waals surface area contributed by atoms with Crippen LogP contribution >= 0.6 is 22.9 Å². The second-order valence-corrected chi connectivity index (χ2v) is 7.10. The largest absolute Gasteiger partial charge is 0.321 e. The van der Waals surface area contributed by atoms with E-state index in [-0.39, 0.29) is 11.8 Å². The number of thiazole rings is 1. The lowest BCUT2D eigenvalue weighted by atomic mass is 10.2. The Labute approximate surface area is 160 Å². The van der Waals surface area contributed by atoms with Gasteiger partial charge in [-0.15, -0.1) is 0 Å². The number of carbonyl (C=O) groups is 2. The molecular weight excluding hydrogens is 370 g/mol. The summed E-state index contributed by atoms with van der Waals surface area (Å²) >= 11 is 7.04. The monoisotopic (exact) mass is 385 g/mol. The van der Waals surface area contributed by atoms with E-state index >= 15 is 0 Å². The Morgan fingerprint density at radius 2 is 1.77 bits per heavy atom. The smallest absolute Gasteiger partial charge is 0.267 e. The van der Waals surface area contributed by atoms with Crippen molar-refractivity contribution in [1.29, 1.82) is 0 Å². The van der Waals surface area contributed by atoms with Crippen molar-refractivity contribution in [3.05, 3.63) is 75.3 Å². The topological polar surface area (TPSA) is 71.1 Å². The van der Waals surface area contributed by atoms with Crippen molar-refractivity contribution in [2.75, 3.05) is 10.6 Å². The van der Waals surface area contributed by atoms with Gasteiger partial charge in [0.2, 0.25) is 0 Å². The number of halogens is 1. The first-order chi connectivity index (χ1) is 12.4. The highest BCUT2D eigenvalue weighted by atomic mass is 35.5. The van der Waals surface area contributed by atoms with Crippen LogP contribution in [0.3, 0.4) is 0 Å². The summed E-state index contributed by atoms with van der Waals surface area (Å²) in [4.78, 5) is 29.5. The van der Waals surface area contributed by atoms with Gasteiger partial charge in [-0.2, -0.15) is 0 Å². The van der Waals surface area contributed by atoms with Crippen molar-refractivity contribution in [1.82, 2.24) is 4.98 Å². The molecule has 0 radical (unpaired) electrons. The van der Waals surface area contributed by atoms with E-state index in [1.54, 1.807) is 31.2 Å². The minimum absolute atomic E-state index is 0.252. The number of anilines is 2. The number of carbonyl (C=O) groups excluding carboxylic acids is 2. The second-order valence-electron chi connectivity index (χ2n) is 5.67. The fraction of sp³-hybridized carbons (Fsp3) is 0.105. The van der Waals surface area contributed by atoms with Gasteiger partial charge in [0, 0.05) is 16.3 Å². The van der Waals surface area contributed by atoms with Crippen LogP contribution < -0.4 is 10.6 Å². The summed E-state index contributed by atoms with van der Waals surface area (Å²) in [5.41, 5.74) is 2.70. The highest BCUT2D eigenvalue weighted by Crippen LogP contribution is 2.25. The van der Waals surface area contributed by atoms with Crippen LogP contribution in [0.1, 0.15) is 31.3 Å². The molecule has 0 unspecified atom stereocenters. The summed E-state index contributed by atoms with van der Waals surface area (Å²) in [6.07, 6.45) is 0. The summed E-state index contributed by atoms with van der Waals surface area (Å²) < 4.78 is 0. The molecule has 0 aliphatic heterocycles. The van der Waals surface area contributed by atoms with Crippen LogP contribution in [0.2, 0.25) is 5.02 Å². The Morgan fingerprint density at radius 1 is 1.00 bits per heavy atom. The van der Waals surface area contributed by atoms with E-state index in [9.17, 15) is 9.59 Å². The Kier molecular flexibility index (Phi) is 5.35. The lowest BCUT2D eigenvalue weighted by Gasteiger charge is -2.06. The van der Waals surface area contributed by atoms with Gasteiger partial charge in [0.05, 0.1) is 5.69 Å². The second kappa shape index (κ2) is 7.68. The molecule has 0 aliphatic rings. The normalized spacial score (nSPS) is 10.4. The Bertz CT molecular complexity index is 984. The number of aromatic nitrogens is 1. The molecular formula is C19H16ClN3O2S. The maximum absolute atomic E-state index is 12.5. The zero-order valence-corrected chi connectivity index (χ0v) is 15.7. The molecule has 0 saturated heterocycles. The zero-order valence-electron chi connectivity index (χ0n) is 14.2. The van der Waals surface area contributed by atoms with Gasteiger partial charge in [-0.05, 0) is 43.7 Å². The highest BCUT2D eigenvalue weighted by molar-refractivity contribution is 7.17. The Morgan fingerprint density at radius 3 is 2.50 bits per heavy atom. The third-order valence-corrected chi connectivity index (χ3v) is 5.01. The van der Waals surface area contributed by atoms with Gasteiger partial charge in [0.25, 0.3) is 11.8 Å². The molecule has 26 heavy (non-hydrogen) atoms. The molecule has 132 valence electrons. The van der Waals surface area contributed by atoms with Gasteiger partial charge >= 0.3 is 0 Å². The van der Waals surface area contributed by atoms with Crippen molar-refractivity contribution >= 4 is 45.6 Å². The molecule has 0 bridgehead atoms. The summed E-state index contributed by atoms with van der Waals surface area (Å²) in [5, 5.41) is 6.42. The number of hydrogen-bond donors (Lipinski definition) is 2. The molecule has 0 spiro atoms. The summed E-state index contributed by atoms with van der Waals surface area (Å²) in [6, 6.07) is 14.2. The van der Waals surface area contributed by atoms with E-state index < -0.39 is 0 Å². The van der Waals surface area contributed by atoms with E-state index in [4.69, 9.17) is 11.6 Å². The molecule has 2 N–H and O–H groups in total. The maximum atomic E-state index is 12.5. The van der Waals surface area contributed by atoms with E-state index in [1.807, 2.05) is 31.2 Å². The van der Waals surface area contributed by atoms with Gasteiger partial charge in [-0.3, -0.25) is 14.9 Å². The third kappa shape index (κ3) is 4.09. The average molecular weight is 386 g/mol. The van der Waals surface area contributed by atoms with Crippen molar-refractivity contribution in [2.45, 2.75) is 13.8 Å². The summed E-state index contributed by atoms with van der Waals surface area (Å²) in [5.74, 6) is -0.579. The first-order valence-electron chi connectivity index (χ1n) is 7.85. The minimum Gasteiger partial charge on any atom is -0.321 e. The van der Waals surface area contributed by atoms with Crippen LogP contribution in [-0.4, -0.2) is 16.8 Å². The summed E-state index contributed by atoms with van der Waals surface area (Å²) in [7, 11) is 0. The predicted octanol–water partition coefficient (Wildman–Crippen LogP) is 4.92. The van der Waals surface area contributed by atoms with Crippen LogP contribution in [-0.2, 0) is 0 Å². The highest BCUT2D eigenvalue weighted by Gasteiger charge is 2.18. The number of hydrogen-bond acceptors (Lipinski definition) is 4. The SMILES string of the molecule is Cc1ccccc1NC(=O)c1sc(NC(=O)c2cccc(Cl)c2)nc1C. The Hall–Kier alpha value is -2.70. The van der Waals surface area contributed by atoms with Crippen molar-refractivity contribution in [3.63, 3.8) is 0 Å². The molecule has 1 heterocycles. The molecule has 0 aliphatic carbocycles. The van der Waals surface area contributed by atoms with Gasteiger partial charge in [0.15, 0.2) is 5.13 Å². The molecule has 0 saturated carbocycles. The minimum atomic E-state index is -0.327. The molecule has 5 nitrogen and oxygen atoms in total. The fourth-order valence-electron chi connectivity index (χ4n) is 2.35. The molecule has 1 aromatic heterocycles. The molecule has 3 rings (SSSR count). The molecule has 3 aromatic rings. The molecule has 0 atom stereocenters. The van der Waals surface area contributed by atoms with Crippen LogP contribution in [0.4, 0.5) is 10.8 Å². The predicted molar refractivity (Wildman–Crippen MR) is 105 cm³/mol.